The van der Waals surface area contributed by atoms with Gasteiger partial charge in [0.2, 0.25) is 0 Å². The number of hydrogen-bond donors (Lipinski definition) is 1. The fraction of sp³-hybridized carbons (Fsp3) is 0.917. The maximum atomic E-state index is 11.5. The van der Waals surface area contributed by atoms with Crippen LogP contribution in [-0.4, -0.2) is 18.2 Å². The Bertz CT molecular complexity index is 208. The topological polar surface area (TPSA) is 38.3 Å². The molecule has 0 saturated heterocycles. The maximum Gasteiger partial charge on any atom is 0.407 e. The van der Waals surface area contributed by atoms with Crippen molar-refractivity contribution in [1.29, 1.82) is 0 Å². The number of carbonyl (C=O) groups excluding carboxylic acids is 1. The van der Waals surface area contributed by atoms with Crippen molar-refractivity contribution in [3.05, 3.63) is 0 Å². The van der Waals surface area contributed by atoms with Gasteiger partial charge < -0.3 is 10.1 Å². The molecule has 0 atom stereocenters. The smallest absolute Gasteiger partial charge is 0.407 e. The number of alkyl carbamates (subject to hydrolysis) is 1. The zero-order valence-electron chi connectivity index (χ0n) is 10.1. The monoisotopic (exact) mass is 213 g/mol. The van der Waals surface area contributed by atoms with E-state index in [1.54, 1.807) is 0 Å². The summed E-state index contributed by atoms with van der Waals surface area (Å²) in [5, 5.41) is 3.04. The van der Waals surface area contributed by atoms with Crippen molar-refractivity contribution >= 4 is 6.09 Å². The minimum absolute atomic E-state index is 0.0219. The average molecular weight is 213 g/mol. The van der Waals surface area contributed by atoms with Crippen LogP contribution in [0.1, 0.15) is 52.9 Å². The highest BCUT2D eigenvalue weighted by Gasteiger charge is 2.33. The van der Waals surface area contributed by atoms with Gasteiger partial charge in [0.25, 0.3) is 0 Å². The van der Waals surface area contributed by atoms with Crippen LogP contribution in [0.25, 0.3) is 0 Å². The quantitative estimate of drug-likeness (QED) is 0.779. The molecule has 3 heteroatoms. The highest BCUT2D eigenvalue weighted by atomic mass is 16.5. The highest BCUT2D eigenvalue weighted by Crippen LogP contribution is 2.32. The normalized spacial score (nSPS) is 19.2. The van der Waals surface area contributed by atoms with Gasteiger partial charge in [-0.15, -0.1) is 0 Å². The van der Waals surface area contributed by atoms with Crippen molar-refractivity contribution in [1.82, 2.24) is 5.32 Å². The third kappa shape index (κ3) is 3.73. The molecule has 1 N–H and O–H groups in total. The minimum atomic E-state index is -0.243. The van der Waals surface area contributed by atoms with E-state index in [0.717, 1.165) is 19.3 Å². The van der Waals surface area contributed by atoms with Crippen LogP contribution in [0.2, 0.25) is 0 Å². The van der Waals surface area contributed by atoms with E-state index in [0.29, 0.717) is 12.5 Å². The lowest BCUT2D eigenvalue weighted by Crippen LogP contribution is -2.46. The molecule has 0 aromatic rings. The van der Waals surface area contributed by atoms with Crippen LogP contribution in [0.4, 0.5) is 4.79 Å². The number of rotatable bonds is 4. The van der Waals surface area contributed by atoms with Crippen molar-refractivity contribution in [3.8, 4) is 0 Å². The van der Waals surface area contributed by atoms with Crippen LogP contribution in [0.3, 0.4) is 0 Å². The van der Waals surface area contributed by atoms with Gasteiger partial charge in [-0.05, 0) is 25.2 Å². The van der Waals surface area contributed by atoms with Crippen LogP contribution in [0.15, 0.2) is 0 Å². The van der Waals surface area contributed by atoms with E-state index >= 15 is 0 Å². The second-order valence-electron chi connectivity index (χ2n) is 4.96. The van der Waals surface area contributed by atoms with Gasteiger partial charge in [0.15, 0.2) is 0 Å². The first-order chi connectivity index (χ1) is 7.08. The molecule has 88 valence electrons. The van der Waals surface area contributed by atoms with Crippen LogP contribution in [-0.2, 0) is 4.74 Å². The molecule has 0 spiro atoms. The lowest BCUT2D eigenvalue weighted by molar-refractivity contribution is 0.120. The number of nitrogens with one attached hydrogen (secondary N) is 1. The molecular formula is C12H23NO2. The summed E-state index contributed by atoms with van der Waals surface area (Å²) in [6.07, 6.45) is 5.40. The van der Waals surface area contributed by atoms with E-state index < -0.39 is 0 Å². The molecule has 1 saturated carbocycles. The van der Waals surface area contributed by atoms with Crippen LogP contribution in [0.5, 0.6) is 0 Å². The van der Waals surface area contributed by atoms with E-state index in [9.17, 15) is 4.79 Å². The predicted octanol–water partition coefficient (Wildman–Crippen LogP) is 3.09. The average Bonchev–Trinajstić information content (AvgIpc) is 2.64. The Balaban J connectivity index is 2.35. The van der Waals surface area contributed by atoms with Crippen LogP contribution < -0.4 is 5.32 Å². The van der Waals surface area contributed by atoms with Gasteiger partial charge in [-0.2, -0.15) is 0 Å². The molecule has 3 nitrogen and oxygen atoms in total. The molecule has 1 aliphatic rings. The fourth-order valence-corrected chi connectivity index (χ4v) is 2.11. The summed E-state index contributed by atoms with van der Waals surface area (Å²) >= 11 is 0. The van der Waals surface area contributed by atoms with Gasteiger partial charge in [0, 0.05) is 5.54 Å². The maximum absolute atomic E-state index is 11.5. The van der Waals surface area contributed by atoms with Crippen molar-refractivity contribution in [2.75, 3.05) is 6.61 Å². The van der Waals surface area contributed by atoms with Gasteiger partial charge in [-0.25, -0.2) is 4.79 Å². The van der Waals surface area contributed by atoms with E-state index in [4.69, 9.17) is 4.74 Å². The standard InChI is InChI=1S/C12H23NO2/c1-4-12(7-5-6-8-12)13-11(14)15-9-10(2)3/h10H,4-9H2,1-3H3,(H,13,14). The molecule has 0 aromatic carbocycles. The first-order valence-electron chi connectivity index (χ1n) is 6.03. The van der Waals surface area contributed by atoms with E-state index in [2.05, 4.69) is 12.2 Å². The molecule has 0 aliphatic heterocycles. The minimum Gasteiger partial charge on any atom is -0.449 e. The summed E-state index contributed by atoms with van der Waals surface area (Å²) in [7, 11) is 0. The van der Waals surface area contributed by atoms with Gasteiger partial charge in [-0.1, -0.05) is 33.6 Å². The summed E-state index contributed by atoms with van der Waals surface area (Å²) in [4.78, 5) is 11.5. The lowest BCUT2D eigenvalue weighted by atomic mass is 9.95. The highest BCUT2D eigenvalue weighted by molar-refractivity contribution is 5.68. The first-order valence-corrected chi connectivity index (χ1v) is 6.03. The Morgan fingerprint density at radius 1 is 1.40 bits per heavy atom. The zero-order chi connectivity index (χ0) is 11.3. The molecule has 0 heterocycles. The van der Waals surface area contributed by atoms with Crippen molar-refractivity contribution in [3.63, 3.8) is 0 Å². The van der Waals surface area contributed by atoms with Gasteiger partial charge in [-0.3, -0.25) is 0 Å². The first kappa shape index (κ1) is 12.3. The van der Waals surface area contributed by atoms with Gasteiger partial charge in [0.05, 0.1) is 6.61 Å². The Labute approximate surface area is 92.6 Å². The molecular weight excluding hydrogens is 190 g/mol. The summed E-state index contributed by atoms with van der Waals surface area (Å²) < 4.78 is 5.14. The molecule has 1 fully saturated rings. The third-order valence-corrected chi connectivity index (χ3v) is 3.15. The fourth-order valence-electron chi connectivity index (χ4n) is 2.11. The Morgan fingerprint density at radius 3 is 2.47 bits per heavy atom. The Kier molecular flexibility index (Phi) is 4.43. The van der Waals surface area contributed by atoms with Crippen molar-refractivity contribution < 1.29 is 9.53 Å². The van der Waals surface area contributed by atoms with Gasteiger partial charge in [0.1, 0.15) is 0 Å². The van der Waals surface area contributed by atoms with E-state index in [1.165, 1.54) is 12.8 Å². The van der Waals surface area contributed by atoms with Crippen molar-refractivity contribution in [2.24, 2.45) is 5.92 Å². The largest absolute Gasteiger partial charge is 0.449 e. The number of hydrogen-bond acceptors (Lipinski definition) is 2. The second-order valence-corrected chi connectivity index (χ2v) is 4.96. The Hall–Kier alpha value is -0.730. The molecule has 1 aliphatic carbocycles. The SMILES string of the molecule is CCC1(NC(=O)OCC(C)C)CCCC1. The molecule has 0 aromatic heterocycles. The summed E-state index contributed by atoms with van der Waals surface area (Å²) in [6, 6.07) is 0. The third-order valence-electron chi connectivity index (χ3n) is 3.15. The van der Waals surface area contributed by atoms with Gasteiger partial charge >= 0.3 is 6.09 Å². The predicted molar refractivity (Wildman–Crippen MR) is 60.8 cm³/mol. The molecule has 0 radical (unpaired) electrons. The molecule has 0 unspecified atom stereocenters. The van der Waals surface area contributed by atoms with E-state index in [1.807, 2.05) is 13.8 Å². The molecule has 1 rings (SSSR count). The van der Waals surface area contributed by atoms with Crippen LogP contribution >= 0.6 is 0 Å². The summed E-state index contributed by atoms with van der Waals surface area (Å²) in [5.41, 5.74) is 0.0219. The molecule has 1 amide bonds. The molecule has 0 bridgehead atoms. The Morgan fingerprint density at radius 2 is 2.00 bits per heavy atom. The number of carbonyl (C=O) groups is 1. The second kappa shape index (κ2) is 5.38. The molecule has 15 heavy (non-hydrogen) atoms. The number of amides is 1. The van der Waals surface area contributed by atoms with Crippen molar-refractivity contribution in [2.45, 2.75) is 58.4 Å². The lowest BCUT2D eigenvalue weighted by Gasteiger charge is -2.28. The summed E-state index contributed by atoms with van der Waals surface area (Å²) in [5.74, 6) is 0.400. The van der Waals surface area contributed by atoms with Crippen LogP contribution in [0, 0.1) is 5.92 Å². The van der Waals surface area contributed by atoms with E-state index in [-0.39, 0.29) is 11.6 Å². The number of ether oxygens (including phenoxy) is 1. The summed E-state index contributed by atoms with van der Waals surface area (Å²) in [6.45, 7) is 6.72. The zero-order valence-corrected chi connectivity index (χ0v) is 10.1.